The van der Waals surface area contributed by atoms with E-state index in [9.17, 15) is 8.42 Å². The number of methoxy groups -OCH3 is 1. The van der Waals surface area contributed by atoms with Crippen LogP contribution in [0, 0.1) is 0 Å². The molecule has 1 radical (unpaired) electrons. The van der Waals surface area contributed by atoms with Crippen molar-refractivity contribution in [1.82, 2.24) is 4.72 Å². The standard InChI is InChI=1S/C9H12NO4S/c1-14-8-2-4-9(5-3-8)15(12,13)10-6-7-11/h2-5,11H,6-7H2,1H3. The van der Waals surface area contributed by atoms with E-state index in [-0.39, 0.29) is 18.0 Å². The third kappa shape index (κ3) is 3.19. The molecule has 0 unspecified atom stereocenters. The Morgan fingerprint density at radius 3 is 2.40 bits per heavy atom. The lowest BCUT2D eigenvalue weighted by Gasteiger charge is -2.04. The number of aliphatic hydroxyl groups is 1. The summed E-state index contributed by atoms with van der Waals surface area (Å²) in [6.07, 6.45) is 0. The van der Waals surface area contributed by atoms with Crippen LogP contribution >= 0.6 is 0 Å². The molecule has 0 bridgehead atoms. The van der Waals surface area contributed by atoms with Crippen molar-refractivity contribution in [1.29, 1.82) is 0 Å². The van der Waals surface area contributed by atoms with Gasteiger partial charge in [-0.1, -0.05) is 0 Å². The minimum absolute atomic E-state index is 0.0942. The summed E-state index contributed by atoms with van der Waals surface area (Å²) in [4.78, 5) is 0.0942. The highest BCUT2D eigenvalue weighted by Gasteiger charge is 2.14. The van der Waals surface area contributed by atoms with Gasteiger partial charge >= 0.3 is 0 Å². The second-order valence-electron chi connectivity index (χ2n) is 2.73. The van der Waals surface area contributed by atoms with Crippen LogP contribution in [0.2, 0.25) is 0 Å². The fourth-order valence-electron chi connectivity index (χ4n) is 0.983. The largest absolute Gasteiger partial charge is 0.497 e. The molecule has 6 heteroatoms. The number of aliphatic hydroxyl groups excluding tert-OH is 1. The van der Waals surface area contributed by atoms with Crippen LogP contribution < -0.4 is 9.46 Å². The van der Waals surface area contributed by atoms with Gasteiger partial charge in [0.15, 0.2) is 0 Å². The molecule has 0 spiro atoms. The van der Waals surface area contributed by atoms with Crippen LogP contribution in [-0.4, -0.2) is 33.8 Å². The molecule has 0 aliphatic heterocycles. The van der Waals surface area contributed by atoms with Gasteiger partial charge in [0.05, 0.1) is 25.2 Å². The number of hydrogen-bond acceptors (Lipinski definition) is 4. The number of hydrogen-bond donors (Lipinski definition) is 1. The first-order chi connectivity index (χ1) is 7.10. The first-order valence-corrected chi connectivity index (χ1v) is 5.73. The van der Waals surface area contributed by atoms with Crippen LogP contribution in [0.25, 0.3) is 0 Å². The van der Waals surface area contributed by atoms with Crippen LogP contribution in [-0.2, 0) is 10.0 Å². The van der Waals surface area contributed by atoms with Crippen LogP contribution in [0.1, 0.15) is 0 Å². The molecule has 0 atom stereocenters. The van der Waals surface area contributed by atoms with Crippen molar-refractivity contribution in [3.63, 3.8) is 0 Å². The van der Waals surface area contributed by atoms with Crippen molar-refractivity contribution in [3.05, 3.63) is 24.3 Å². The lowest BCUT2D eigenvalue weighted by atomic mass is 10.3. The second kappa shape index (κ2) is 5.11. The van der Waals surface area contributed by atoms with E-state index in [0.717, 1.165) is 0 Å². The third-order valence-corrected chi connectivity index (χ3v) is 3.11. The van der Waals surface area contributed by atoms with Crippen molar-refractivity contribution < 1.29 is 18.3 Å². The van der Waals surface area contributed by atoms with Crippen LogP contribution in [0.3, 0.4) is 0 Å². The Balaban J connectivity index is 2.86. The summed E-state index contributed by atoms with van der Waals surface area (Å²) in [5.74, 6) is 0.580. The highest BCUT2D eigenvalue weighted by molar-refractivity contribution is 7.89. The van der Waals surface area contributed by atoms with E-state index in [0.29, 0.717) is 5.75 Å². The first-order valence-electron chi connectivity index (χ1n) is 4.29. The minimum Gasteiger partial charge on any atom is -0.497 e. The van der Waals surface area contributed by atoms with Crippen LogP contribution in [0.15, 0.2) is 29.2 Å². The Morgan fingerprint density at radius 1 is 1.33 bits per heavy atom. The summed E-state index contributed by atoms with van der Waals surface area (Å²) >= 11 is 0. The maximum atomic E-state index is 11.5. The molecule has 15 heavy (non-hydrogen) atoms. The van der Waals surface area contributed by atoms with E-state index >= 15 is 0 Å². The predicted molar refractivity (Wildman–Crippen MR) is 54.3 cm³/mol. The van der Waals surface area contributed by atoms with Crippen LogP contribution in [0.4, 0.5) is 0 Å². The summed E-state index contributed by atoms with van der Waals surface area (Å²) in [5, 5.41) is 8.48. The third-order valence-electron chi connectivity index (χ3n) is 1.72. The van der Waals surface area contributed by atoms with Gasteiger partial charge in [-0.3, -0.25) is 0 Å². The van der Waals surface area contributed by atoms with E-state index in [2.05, 4.69) is 4.72 Å². The van der Waals surface area contributed by atoms with Crippen molar-refractivity contribution in [2.24, 2.45) is 0 Å². The number of rotatable bonds is 5. The zero-order valence-corrected chi connectivity index (χ0v) is 9.07. The Labute approximate surface area is 88.7 Å². The molecule has 0 aromatic heterocycles. The molecule has 1 rings (SSSR count). The Kier molecular flexibility index (Phi) is 4.07. The average molecular weight is 230 g/mol. The monoisotopic (exact) mass is 230 g/mol. The normalized spacial score (nSPS) is 11.3. The molecule has 1 N–H and O–H groups in total. The van der Waals surface area contributed by atoms with Crippen molar-refractivity contribution >= 4 is 10.0 Å². The highest BCUT2D eigenvalue weighted by atomic mass is 32.2. The Hall–Kier alpha value is -1.11. The molecular formula is C9H12NO4S. The lowest BCUT2D eigenvalue weighted by Crippen LogP contribution is -2.19. The molecule has 0 aliphatic carbocycles. The molecule has 0 fully saturated rings. The minimum atomic E-state index is -3.64. The SMILES string of the molecule is COc1ccc(S(=O)(=O)[N]CCO)cc1. The van der Waals surface area contributed by atoms with E-state index in [1.807, 2.05) is 0 Å². The number of benzene rings is 1. The smallest absolute Gasteiger partial charge is 0.256 e. The fourth-order valence-corrected chi connectivity index (χ4v) is 1.93. The zero-order chi connectivity index (χ0) is 11.3. The van der Waals surface area contributed by atoms with Gasteiger partial charge in [-0.15, -0.1) is 4.72 Å². The zero-order valence-electron chi connectivity index (χ0n) is 8.25. The number of nitrogens with zero attached hydrogens (tertiary/aromatic N) is 1. The van der Waals surface area contributed by atoms with Gasteiger partial charge in [0.1, 0.15) is 5.75 Å². The molecule has 0 saturated carbocycles. The summed E-state index contributed by atoms with van der Waals surface area (Å²) < 4.78 is 31.2. The molecule has 1 aromatic rings. The van der Waals surface area contributed by atoms with Gasteiger partial charge < -0.3 is 9.84 Å². The quantitative estimate of drug-likeness (QED) is 0.771. The predicted octanol–water partition coefficient (Wildman–Crippen LogP) is -0.0194. The maximum absolute atomic E-state index is 11.5. The van der Waals surface area contributed by atoms with Crippen molar-refractivity contribution in [2.45, 2.75) is 4.90 Å². The van der Waals surface area contributed by atoms with Crippen LogP contribution in [0.5, 0.6) is 5.75 Å². The average Bonchev–Trinajstić information content (AvgIpc) is 2.26. The molecule has 83 valence electrons. The molecular weight excluding hydrogens is 218 g/mol. The fraction of sp³-hybridized carbons (Fsp3) is 0.333. The van der Waals surface area contributed by atoms with Crippen molar-refractivity contribution in [3.8, 4) is 5.75 Å². The Bertz CT molecular complexity index is 399. The summed E-state index contributed by atoms with van der Waals surface area (Å²) in [6, 6.07) is 5.91. The molecule has 1 aromatic carbocycles. The van der Waals surface area contributed by atoms with E-state index in [1.165, 1.54) is 19.2 Å². The molecule has 0 amide bonds. The maximum Gasteiger partial charge on any atom is 0.256 e. The number of ether oxygens (including phenoxy) is 1. The van der Waals surface area contributed by atoms with Gasteiger partial charge in [0.25, 0.3) is 10.0 Å². The van der Waals surface area contributed by atoms with Gasteiger partial charge in [-0.2, -0.15) is 0 Å². The molecule has 0 aliphatic rings. The highest BCUT2D eigenvalue weighted by Crippen LogP contribution is 2.15. The van der Waals surface area contributed by atoms with Gasteiger partial charge in [0, 0.05) is 0 Å². The second-order valence-corrected chi connectivity index (χ2v) is 4.41. The van der Waals surface area contributed by atoms with E-state index in [4.69, 9.17) is 9.84 Å². The summed E-state index contributed by atoms with van der Waals surface area (Å²) in [6.45, 7) is -0.399. The molecule has 0 heterocycles. The van der Waals surface area contributed by atoms with E-state index in [1.54, 1.807) is 12.1 Å². The lowest BCUT2D eigenvalue weighted by molar-refractivity contribution is 0.300. The number of sulfonamides is 1. The first kappa shape index (κ1) is 12.0. The van der Waals surface area contributed by atoms with Crippen molar-refractivity contribution in [2.75, 3.05) is 20.3 Å². The van der Waals surface area contributed by atoms with Gasteiger partial charge in [-0.25, -0.2) is 8.42 Å². The molecule has 5 nitrogen and oxygen atoms in total. The Morgan fingerprint density at radius 2 is 1.93 bits per heavy atom. The van der Waals surface area contributed by atoms with Gasteiger partial charge in [-0.05, 0) is 24.3 Å². The summed E-state index contributed by atoms with van der Waals surface area (Å²) in [5.41, 5.74) is 0. The summed E-state index contributed by atoms with van der Waals surface area (Å²) in [7, 11) is -2.14. The van der Waals surface area contributed by atoms with Gasteiger partial charge in [0.2, 0.25) is 0 Å². The van der Waals surface area contributed by atoms with E-state index < -0.39 is 10.0 Å². The molecule has 0 saturated heterocycles. The topological polar surface area (TPSA) is 77.7 Å².